The summed E-state index contributed by atoms with van der Waals surface area (Å²) < 4.78 is 18.7. The van der Waals surface area contributed by atoms with Crippen molar-refractivity contribution in [3.8, 4) is 0 Å². The van der Waals surface area contributed by atoms with Gasteiger partial charge in [0.25, 0.3) is 0 Å². The lowest BCUT2D eigenvalue weighted by Gasteiger charge is -2.52. The summed E-state index contributed by atoms with van der Waals surface area (Å²) in [6.07, 6.45) is 6.08. The minimum atomic E-state index is -0.696. The number of fused-ring (bicyclic) bond motifs is 1. The van der Waals surface area contributed by atoms with Crippen molar-refractivity contribution in [1.29, 1.82) is 0 Å². The van der Waals surface area contributed by atoms with Gasteiger partial charge < -0.3 is 14.8 Å². The van der Waals surface area contributed by atoms with Gasteiger partial charge >= 0.3 is 0 Å². The fraction of sp³-hybridized carbons (Fsp3) is 0.500. The number of piperidine rings is 1. The molecular weight excluding hydrogens is 359 g/mol. The third-order valence-electron chi connectivity index (χ3n) is 6.27. The Balaban J connectivity index is 1.52. The summed E-state index contributed by atoms with van der Waals surface area (Å²) in [5.74, 6) is 0.410. The fourth-order valence-electron chi connectivity index (χ4n) is 4.86. The van der Waals surface area contributed by atoms with E-state index in [9.17, 15) is 14.3 Å². The summed E-state index contributed by atoms with van der Waals surface area (Å²) in [5.41, 5.74) is 0.267. The van der Waals surface area contributed by atoms with Crippen LogP contribution < -0.4 is 5.32 Å². The van der Waals surface area contributed by atoms with Crippen molar-refractivity contribution in [1.82, 2.24) is 10.2 Å². The average Bonchev–Trinajstić information content (AvgIpc) is 3.21. The van der Waals surface area contributed by atoms with Crippen LogP contribution in [0.3, 0.4) is 0 Å². The zero-order chi connectivity index (χ0) is 19.6. The maximum absolute atomic E-state index is 13.5. The molecule has 1 amide bonds. The molecule has 2 N–H and O–H groups in total. The van der Waals surface area contributed by atoms with Crippen molar-refractivity contribution >= 4 is 5.91 Å². The van der Waals surface area contributed by atoms with Crippen molar-refractivity contribution in [3.05, 3.63) is 59.8 Å². The summed E-state index contributed by atoms with van der Waals surface area (Å²) in [4.78, 5) is 14.7. The number of hydrogen-bond acceptors (Lipinski definition) is 4. The number of carbonyl (C=O) groups excluding carboxylic acids is 1. The average molecular weight is 386 g/mol. The summed E-state index contributed by atoms with van der Waals surface area (Å²) in [6.45, 7) is 1.24. The number of aliphatic hydroxyl groups is 1. The second-order valence-corrected chi connectivity index (χ2v) is 8.03. The first-order valence-corrected chi connectivity index (χ1v) is 10.1. The third kappa shape index (κ3) is 3.98. The lowest BCUT2D eigenvalue weighted by Crippen LogP contribution is -2.56. The van der Waals surface area contributed by atoms with Gasteiger partial charge in [-0.1, -0.05) is 25.0 Å². The Labute approximate surface area is 164 Å². The van der Waals surface area contributed by atoms with Gasteiger partial charge in [0.1, 0.15) is 11.6 Å². The van der Waals surface area contributed by atoms with Crippen LogP contribution in [0.5, 0.6) is 0 Å². The van der Waals surface area contributed by atoms with Crippen LogP contribution in [-0.2, 0) is 11.3 Å². The van der Waals surface area contributed by atoms with Gasteiger partial charge in [0.2, 0.25) is 5.91 Å². The number of nitrogens with one attached hydrogen (secondary N) is 1. The molecule has 150 valence electrons. The standard InChI is InChI=1S/C22H27FN2O3/c23-17-8-6-16(7-9-17)21-19-5-1-2-10-22(19,27)11-12-25(21)15-20(26)24-14-18-4-3-13-28-18/h3-4,6-9,13,19,21,27H,1-2,5,10-12,14-15H2,(H,24,26)/t19-,21-,22-/m1/s1. The molecule has 0 radical (unpaired) electrons. The Morgan fingerprint density at radius 1 is 1.25 bits per heavy atom. The number of likely N-dealkylation sites (tertiary alicyclic amines) is 1. The summed E-state index contributed by atoms with van der Waals surface area (Å²) in [5, 5.41) is 14.1. The van der Waals surface area contributed by atoms with E-state index in [0.29, 0.717) is 25.3 Å². The molecule has 1 aliphatic heterocycles. The quantitative estimate of drug-likeness (QED) is 0.827. The van der Waals surface area contributed by atoms with E-state index in [1.165, 1.54) is 12.1 Å². The van der Waals surface area contributed by atoms with Crippen molar-refractivity contribution in [2.45, 2.75) is 50.3 Å². The van der Waals surface area contributed by atoms with Crippen LogP contribution >= 0.6 is 0 Å². The molecule has 1 aromatic carbocycles. The number of furan rings is 1. The Hall–Kier alpha value is -2.18. The van der Waals surface area contributed by atoms with E-state index >= 15 is 0 Å². The SMILES string of the molecule is O=C(CN1CC[C@]2(O)CCCC[C@@H]2[C@H]1c1ccc(F)cc1)NCc1ccco1. The number of carbonyl (C=O) groups is 1. The third-order valence-corrected chi connectivity index (χ3v) is 6.27. The van der Waals surface area contributed by atoms with E-state index in [0.717, 1.165) is 31.2 Å². The molecule has 1 saturated carbocycles. The van der Waals surface area contributed by atoms with Gasteiger partial charge in [-0.2, -0.15) is 0 Å². The molecule has 2 fully saturated rings. The first-order chi connectivity index (χ1) is 13.5. The number of halogens is 1. The van der Waals surface area contributed by atoms with Crippen LogP contribution in [0.15, 0.2) is 47.1 Å². The topological polar surface area (TPSA) is 65.7 Å². The number of hydrogen-bond donors (Lipinski definition) is 2. The Kier molecular flexibility index (Phi) is 5.51. The first kappa shape index (κ1) is 19.2. The molecule has 0 bridgehead atoms. The molecule has 1 saturated heterocycles. The highest BCUT2D eigenvalue weighted by molar-refractivity contribution is 5.78. The van der Waals surface area contributed by atoms with Crippen LogP contribution in [0.2, 0.25) is 0 Å². The van der Waals surface area contributed by atoms with Crippen molar-refractivity contribution in [2.24, 2.45) is 5.92 Å². The molecule has 2 heterocycles. The van der Waals surface area contributed by atoms with Gasteiger partial charge in [-0.05, 0) is 49.1 Å². The van der Waals surface area contributed by atoms with Crippen LogP contribution in [-0.4, -0.2) is 34.6 Å². The molecule has 1 aromatic heterocycles. The smallest absolute Gasteiger partial charge is 0.234 e. The zero-order valence-electron chi connectivity index (χ0n) is 15.9. The lowest BCUT2D eigenvalue weighted by atomic mass is 9.66. The number of nitrogens with zero attached hydrogens (tertiary/aromatic N) is 1. The molecule has 2 aliphatic rings. The van der Waals surface area contributed by atoms with Crippen molar-refractivity contribution < 1.29 is 18.7 Å². The molecule has 1 aliphatic carbocycles. The number of benzene rings is 1. The second kappa shape index (κ2) is 8.05. The Morgan fingerprint density at radius 2 is 2.07 bits per heavy atom. The van der Waals surface area contributed by atoms with E-state index in [4.69, 9.17) is 4.42 Å². The predicted octanol–water partition coefficient (Wildman–Crippen LogP) is 3.40. The molecule has 3 atom stereocenters. The highest BCUT2D eigenvalue weighted by Gasteiger charge is 2.49. The maximum Gasteiger partial charge on any atom is 0.234 e. The van der Waals surface area contributed by atoms with E-state index < -0.39 is 5.60 Å². The van der Waals surface area contributed by atoms with Gasteiger partial charge in [0.05, 0.1) is 25.0 Å². The van der Waals surface area contributed by atoms with Gasteiger partial charge in [0.15, 0.2) is 0 Å². The first-order valence-electron chi connectivity index (χ1n) is 10.1. The van der Waals surface area contributed by atoms with Crippen LogP contribution in [0.1, 0.15) is 49.5 Å². The van der Waals surface area contributed by atoms with Crippen LogP contribution in [0.4, 0.5) is 4.39 Å². The van der Waals surface area contributed by atoms with E-state index in [1.807, 2.05) is 6.07 Å². The molecule has 2 aromatic rings. The minimum Gasteiger partial charge on any atom is -0.467 e. The molecule has 6 heteroatoms. The number of amides is 1. The Bertz CT molecular complexity index is 793. The van der Waals surface area contributed by atoms with Gasteiger partial charge in [-0.15, -0.1) is 0 Å². The monoisotopic (exact) mass is 386 g/mol. The molecule has 28 heavy (non-hydrogen) atoms. The molecule has 0 unspecified atom stereocenters. The van der Waals surface area contributed by atoms with E-state index in [-0.39, 0.29) is 30.2 Å². The maximum atomic E-state index is 13.5. The second-order valence-electron chi connectivity index (χ2n) is 8.03. The fourth-order valence-corrected chi connectivity index (χ4v) is 4.86. The van der Waals surface area contributed by atoms with Gasteiger partial charge in [-0.25, -0.2) is 4.39 Å². The summed E-state index contributed by atoms with van der Waals surface area (Å²) >= 11 is 0. The highest BCUT2D eigenvalue weighted by Crippen LogP contribution is 2.49. The molecular formula is C22H27FN2O3. The minimum absolute atomic E-state index is 0.0540. The zero-order valence-corrected chi connectivity index (χ0v) is 15.9. The lowest BCUT2D eigenvalue weighted by molar-refractivity contribution is -0.138. The normalized spacial score (nSPS) is 27.9. The predicted molar refractivity (Wildman–Crippen MR) is 103 cm³/mol. The number of rotatable bonds is 5. The van der Waals surface area contributed by atoms with E-state index in [2.05, 4.69) is 10.2 Å². The largest absolute Gasteiger partial charge is 0.467 e. The van der Waals surface area contributed by atoms with Crippen LogP contribution in [0, 0.1) is 11.7 Å². The van der Waals surface area contributed by atoms with Gasteiger partial charge in [0, 0.05) is 18.5 Å². The van der Waals surface area contributed by atoms with Crippen molar-refractivity contribution in [2.75, 3.05) is 13.1 Å². The summed E-state index contributed by atoms with van der Waals surface area (Å²) in [6, 6.07) is 10.0. The molecule has 4 rings (SSSR count). The molecule has 5 nitrogen and oxygen atoms in total. The highest BCUT2D eigenvalue weighted by atomic mass is 19.1. The van der Waals surface area contributed by atoms with Crippen molar-refractivity contribution in [3.63, 3.8) is 0 Å². The summed E-state index contributed by atoms with van der Waals surface area (Å²) in [7, 11) is 0. The van der Waals surface area contributed by atoms with Crippen LogP contribution in [0.25, 0.3) is 0 Å². The molecule has 0 spiro atoms. The Morgan fingerprint density at radius 3 is 2.82 bits per heavy atom. The van der Waals surface area contributed by atoms with E-state index in [1.54, 1.807) is 24.5 Å². The van der Waals surface area contributed by atoms with Gasteiger partial charge in [-0.3, -0.25) is 9.69 Å².